The number of benzene rings is 1. The summed E-state index contributed by atoms with van der Waals surface area (Å²) < 4.78 is 4.71. The van der Waals surface area contributed by atoms with Crippen LogP contribution in [0.3, 0.4) is 0 Å². The Bertz CT molecular complexity index is 450. The number of esters is 1. The summed E-state index contributed by atoms with van der Waals surface area (Å²) in [5, 5.41) is 0. The van der Waals surface area contributed by atoms with Gasteiger partial charge in [0.25, 0.3) is 0 Å². The predicted molar refractivity (Wildman–Crippen MR) is 64.7 cm³/mol. The molecule has 2 nitrogen and oxygen atoms in total. The van der Waals surface area contributed by atoms with Crippen molar-refractivity contribution in [3.8, 4) is 12.3 Å². The minimum Gasteiger partial charge on any atom is -0.449 e. The zero-order valence-electron chi connectivity index (χ0n) is 9.49. The average Bonchev–Trinajstić information content (AvgIpc) is 2.28. The Morgan fingerprint density at radius 2 is 2.19 bits per heavy atom. The number of hydrogen-bond donors (Lipinski definition) is 0. The number of terminal acetylenes is 1. The molecule has 0 amide bonds. The molecule has 1 aromatic rings. The molecule has 0 aliphatic heterocycles. The van der Waals surface area contributed by atoms with Crippen molar-refractivity contribution in [3.63, 3.8) is 0 Å². The molecule has 0 bridgehead atoms. The van der Waals surface area contributed by atoms with Gasteiger partial charge in [0.05, 0.1) is 0 Å². The number of aryl methyl sites for hydroxylation is 2. The number of ether oxygens (including phenoxy) is 1. The highest BCUT2D eigenvalue weighted by Gasteiger charge is 1.96. The lowest BCUT2D eigenvalue weighted by Gasteiger charge is -2.00. The quantitative estimate of drug-likeness (QED) is 0.439. The van der Waals surface area contributed by atoms with E-state index >= 15 is 0 Å². The van der Waals surface area contributed by atoms with E-state index in [1.54, 1.807) is 6.08 Å². The topological polar surface area (TPSA) is 26.3 Å². The van der Waals surface area contributed by atoms with Crippen LogP contribution in [0.5, 0.6) is 0 Å². The van der Waals surface area contributed by atoms with Crippen LogP contribution < -0.4 is 0 Å². The van der Waals surface area contributed by atoms with Crippen molar-refractivity contribution in [3.05, 3.63) is 41.0 Å². The summed E-state index contributed by atoms with van der Waals surface area (Å²) in [4.78, 5) is 11.1. The van der Waals surface area contributed by atoms with Gasteiger partial charge < -0.3 is 4.74 Å². The highest BCUT2D eigenvalue weighted by molar-refractivity contribution is 5.87. The molecule has 0 unspecified atom stereocenters. The van der Waals surface area contributed by atoms with Crippen molar-refractivity contribution in [1.82, 2.24) is 0 Å². The molecule has 0 fully saturated rings. The molecule has 0 N–H and O–H groups in total. The fourth-order valence-electron chi connectivity index (χ4n) is 1.19. The Hall–Kier alpha value is -2.01. The number of carbonyl (C=O) groups excluding carboxylic acids is 1. The monoisotopic (exact) mass is 214 g/mol. The number of carbonyl (C=O) groups is 1. The van der Waals surface area contributed by atoms with E-state index in [-0.39, 0.29) is 6.61 Å². The highest BCUT2D eigenvalue weighted by atomic mass is 16.5. The van der Waals surface area contributed by atoms with Crippen molar-refractivity contribution >= 4 is 12.0 Å². The van der Waals surface area contributed by atoms with Crippen LogP contribution in [0, 0.1) is 26.2 Å². The van der Waals surface area contributed by atoms with E-state index in [1.807, 2.05) is 32.0 Å². The van der Waals surface area contributed by atoms with Gasteiger partial charge >= 0.3 is 5.97 Å². The molecule has 0 heterocycles. The van der Waals surface area contributed by atoms with E-state index in [0.717, 1.165) is 5.56 Å². The molecule has 0 aromatic heterocycles. The number of hydrogen-bond acceptors (Lipinski definition) is 2. The van der Waals surface area contributed by atoms with Gasteiger partial charge in [0.2, 0.25) is 0 Å². The molecule has 2 heteroatoms. The second kappa shape index (κ2) is 5.77. The molecule has 0 radical (unpaired) electrons. The van der Waals surface area contributed by atoms with Crippen LogP contribution in [0.1, 0.15) is 16.7 Å². The van der Waals surface area contributed by atoms with Crippen LogP contribution in [0.2, 0.25) is 0 Å². The lowest BCUT2D eigenvalue weighted by atomic mass is 10.1. The van der Waals surface area contributed by atoms with Crippen LogP contribution in [0.4, 0.5) is 0 Å². The molecule has 1 aromatic carbocycles. The van der Waals surface area contributed by atoms with E-state index in [0.29, 0.717) is 0 Å². The van der Waals surface area contributed by atoms with Crippen LogP contribution >= 0.6 is 0 Å². The molecule has 0 aliphatic carbocycles. The Balaban J connectivity index is 2.66. The van der Waals surface area contributed by atoms with Gasteiger partial charge in [0, 0.05) is 6.08 Å². The largest absolute Gasteiger partial charge is 0.449 e. The Labute approximate surface area is 95.9 Å². The van der Waals surface area contributed by atoms with E-state index in [4.69, 9.17) is 11.2 Å². The van der Waals surface area contributed by atoms with Crippen molar-refractivity contribution in [1.29, 1.82) is 0 Å². The highest BCUT2D eigenvalue weighted by Crippen LogP contribution is 2.10. The maximum atomic E-state index is 11.1. The summed E-state index contributed by atoms with van der Waals surface area (Å²) in [7, 11) is 0. The standard InChI is InChI=1S/C14H14O2/c1-4-9-16-14(15)8-7-13-6-5-11(2)12(3)10-13/h1,5-8,10H,9H2,2-3H3/b8-7+. The normalized spacial score (nSPS) is 10.1. The Morgan fingerprint density at radius 1 is 1.44 bits per heavy atom. The van der Waals surface area contributed by atoms with Gasteiger partial charge in [-0.2, -0.15) is 0 Å². The molecule has 0 saturated heterocycles. The molecule has 0 aliphatic rings. The van der Waals surface area contributed by atoms with Crippen LogP contribution in [0.15, 0.2) is 24.3 Å². The lowest BCUT2D eigenvalue weighted by molar-refractivity contribution is -0.136. The molecule has 0 spiro atoms. The smallest absolute Gasteiger partial charge is 0.331 e. The van der Waals surface area contributed by atoms with Gasteiger partial charge in [-0.05, 0) is 36.6 Å². The minimum atomic E-state index is -0.420. The van der Waals surface area contributed by atoms with Crippen molar-refractivity contribution < 1.29 is 9.53 Å². The Kier molecular flexibility index (Phi) is 4.35. The molecular weight excluding hydrogens is 200 g/mol. The molecule has 82 valence electrons. The predicted octanol–water partition coefficient (Wildman–Crippen LogP) is 2.49. The second-order valence-corrected chi connectivity index (χ2v) is 3.49. The zero-order chi connectivity index (χ0) is 12.0. The van der Waals surface area contributed by atoms with E-state index in [1.165, 1.54) is 17.2 Å². The first kappa shape index (κ1) is 12.1. The molecule has 0 saturated carbocycles. The number of rotatable bonds is 3. The summed E-state index contributed by atoms with van der Waals surface area (Å²) in [5.74, 6) is 1.82. The summed E-state index contributed by atoms with van der Waals surface area (Å²) in [6.45, 7) is 4.09. The average molecular weight is 214 g/mol. The van der Waals surface area contributed by atoms with Gasteiger partial charge in [-0.25, -0.2) is 4.79 Å². The van der Waals surface area contributed by atoms with E-state index in [9.17, 15) is 4.79 Å². The minimum absolute atomic E-state index is 0.0100. The second-order valence-electron chi connectivity index (χ2n) is 3.49. The van der Waals surface area contributed by atoms with Gasteiger partial charge in [0.1, 0.15) is 0 Å². The van der Waals surface area contributed by atoms with E-state index in [2.05, 4.69) is 5.92 Å². The van der Waals surface area contributed by atoms with Crippen LogP contribution in [0.25, 0.3) is 6.08 Å². The summed E-state index contributed by atoms with van der Waals surface area (Å²) >= 11 is 0. The third-order valence-electron chi connectivity index (χ3n) is 2.24. The lowest BCUT2D eigenvalue weighted by Crippen LogP contribution is -1.99. The summed E-state index contributed by atoms with van der Waals surface area (Å²) in [6.07, 6.45) is 8.06. The molecular formula is C14H14O2. The maximum Gasteiger partial charge on any atom is 0.331 e. The summed E-state index contributed by atoms with van der Waals surface area (Å²) in [6, 6.07) is 5.98. The van der Waals surface area contributed by atoms with Crippen LogP contribution in [-0.4, -0.2) is 12.6 Å². The molecule has 1 rings (SSSR count). The Morgan fingerprint density at radius 3 is 2.81 bits per heavy atom. The first-order valence-corrected chi connectivity index (χ1v) is 4.99. The fourth-order valence-corrected chi connectivity index (χ4v) is 1.19. The van der Waals surface area contributed by atoms with E-state index < -0.39 is 5.97 Å². The third-order valence-corrected chi connectivity index (χ3v) is 2.24. The molecule has 16 heavy (non-hydrogen) atoms. The van der Waals surface area contributed by atoms with Crippen molar-refractivity contribution in [2.75, 3.05) is 6.61 Å². The van der Waals surface area contributed by atoms with Gasteiger partial charge in [0.15, 0.2) is 6.61 Å². The van der Waals surface area contributed by atoms with Gasteiger partial charge in [-0.15, -0.1) is 6.42 Å². The first-order chi connectivity index (χ1) is 7.63. The van der Waals surface area contributed by atoms with Crippen LogP contribution in [-0.2, 0) is 9.53 Å². The first-order valence-electron chi connectivity index (χ1n) is 4.99. The molecule has 0 atom stereocenters. The van der Waals surface area contributed by atoms with Crippen molar-refractivity contribution in [2.24, 2.45) is 0 Å². The zero-order valence-corrected chi connectivity index (χ0v) is 9.49. The van der Waals surface area contributed by atoms with Crippen molar-refractivity contribution in [2.45, 2.75) is 13.8 Å². The van der Waals surface area contributed by atoms with Gasteiger partial charge in [-0.1, -0.05) is 24.1 Å². The van der Waals surface area contributed by atoms with Gasteiger partial charge in [-0.3, -0.25) is 0 Å². The SMILES string of the molecule is C#CCOC(=O)/C=C/c1ccc(C)c(C)c1. The summed E-state index contributed by atoms with van der Waals surface area (Å²) in [5.41, 5.74) is 3.40. The maximum absolute atomic E-state index is 11.1. The third kappa shape index (κ3) is 3.62. The fraction of sp³-hybridized carbons (Fsp3) is 0.214.